The minimum Gasteiger partial charge on any atom is -0.395 e. The fraction of sp³-hybridized carbons (Fsp3) is 0.444. The summed E-state index contributed by atoms with van der Waals surface area (Å²) in [5.74, 6) is 0.478. The Kier molecular flexibility index (Phi) is 4.66. The smallest absolute Gasteiger partial charge is 0.255 e. The highest BCUT2D eigenvalue weighted by Gasteiger charge is 2.22. The monoisotopic (exact) mass is 354 g/mol. The number of H-pyrrole nitrogens is 1. The Bertz CT molecular complexity index is 882. The van der Waals surface area contributed by atoms with Gasteiger partial charge in [0, 0.05) is 31.2 Å². The van der Waals surface area contributed by atoms with E-state index in [2.05, 4.69) is 24.5 Å². The molecule has 0 spiro atoms. The number of nitrogens with one attached hydrogen (secondary N) is 1. The molecule has 0 atom stereocenters. The second kappa shape index (κ2) is 7.25. The van der Waals surface area contributed by atoms with Crippen molar-refractivity contribution in [3.8, 4) is 0 Å². The van der Waals surface area contributed by atoms with Gasteiger partial charge in [0.15, 0.2) is 5.65 Å². The molecule has 1 fully saturated rings. The maximum Gasteiger partial charge on any atom is 0.255 e. The number of carbonyl (C=O) groups excluding carboxylic acids is 1. The molecule has 8 nitrogen and oxygen atoms in total. The summed E-state index contributed by atoms with van der Waals surface area (Å²) < 4.78 is 2.13. The molecule has 3 aromatic heterocycles. The number of hydrogen-bond donors (Lipinski definition) is 2. The lowest BCUT2D eigenvalue weighted by Crippen LogP contribution is -2.33. The Morgan fingerprint density at radius 2 is 2.15 bits per heavy atom. The lowest BCUT2D eigenvalue weighted by Gasteiger charge is -2.20. The standard InChI is InChI=1S/C18H22N6O2/c25-8-7-23(11-16-19-5-6-20-16)18(26)13-9-15-17(21-10-13)24(12-22-15)14-3-1-2-4-14/h5-6,9-10,12,14,25H,1-4,7-8,11H2,(H,19,20). The number of nitrogens with zero attached hydrogens (tertiary/aromatic N) is 5. The number of hydrogen-bond acceptors (Lipinski definition) is 5. The summed E-state index contributed by atoms with van der Waals surface area (Å²) in [6.45, 7) is 0.424. The molecule has 4 rings (SSSR count). The summed E-state index contributed by atoms with van der Waals surface area (Å²) in [4.78, 5) is 30.5. The normalized spacial score (nSPS) is 15.0. The van der Waals surface area contributed by atoms with Gasteiger partial charge in [-0.25, -0.2) is 15.0 Å². The highest BCUT2D eigenvalue weighted by Crippen LogP contribution is 2.31. The molecular weight excluding hydrogens is 332 g/mol. The van der Waals surface area contributed by atoms with Crippen molar-refractivity contribution in [2.24, 2.45) is 0 Å². The van der Waals surface area contributed by atoms with Crippen molar-refractivity contribution in [1.82, 2.24) is 29.4 Å². The molecule has 26 heavy (non-hydrogen) atoms. The van der Waals surface area contributed by atoms with E-state index >= 15 is 0 Å². The quantitative estimate of drug-likeness (QED) is 0.704. The van der Waals surface area contributed by atoms with Crippen LogP contribution in [0.3, 0.4) is 0 Å². The highest BCUT2D eigenvalue weighted by atomic mass is 16.3. The van der Waals surface area contributed by atoms with Crippen molar-refractivity contribution in [1.29, 1.82) is 0 Å². The lowest BCUT2D eigenvalue weighted by atomic mass is 10.2. The minimum absolute atomic E-state index is 0.113. The van der Waals surface area contributed by atoms with Crippen LogP contribution in [-0.2, 0) is 6.54 Å². The number of aromatic nitrogens is 5. The van der Waals surface area contributed by atoms with Gasteiger partial charge in [-0.3, -0.25) is 4.79 Å². The second-order valence-electron chi connectivity index (χ2n) is 6.64. The predicted octanol–water partition coefficient (Wildman–Crippen LogP) is 1.90. The number of pyridine rings is 1. The van der Waals surface area contributed by atoms with Gasteiger partial charge in [-0.15, -0.1) is 0 Å². The fourth-order valence-corrected chi connectivity index (χ4v) is 3.61. The number of aliphatic hydroxyl groups excluding tert-OH is 1. The molecule has 0 saturated heterocycles. The van der Waals surface area contributed by atoms with E-state index in [-0.39, 0.29) is 19.1 Å². The predicted molar refractivity (Wildman–Crippen MR) is 95.4 cm³/mol. The van der Waals surface area contributed by atoms with E-state index < -0.39 is 0 Å². The van der Waals surface area contributed by atoms with E-state index in [1.54, 1.807) is 29.6 Å². The van der Waals surface area contributed by atoms with Gasteiger partial charge in [-0.2, -0.15) is 0 Å². The van der Waals surface area contributed by atoms with Gasteiger partial charge in [-0.1, -0.05) is 12.8 Å². The van der Waals surface area contributed by atoms with Crippen molar-refractivity contribution < 1.29 is 9.90 Å². The summed E-state index contributed by atoms with van der Waals surface area (Å²) in [6, 6.07) is 2.24. The van der Waals surface area contributed by atoms with Gasteiger partial charge in [0.2, 0.25) is 0 Å². The molecule has 0 aliphatic heterocycles. The third kappa shape index (κ3) is 3.20. The summed E-state index contributed by atoms with van der Waals surface area (Å²) in [5, 5.41) is 9.30. The zero-order chi connectivity index (χ0) is 17.9. The van der Waals surface area contributed by atoms with E-state index in [0.29, 0.717) is 24.0 Å². The molecule has 3 heterocycles. The molecule has 8 heteroatoms. The van der Waals surface area contributed by atoms with Crippen LogP contribution >= 0.6 is 0 Å². The van der Waals surface area contributed by atoms with Gasteiger partial charge in [0.1, 0.15) is 11.3 Å². The van der Waals surface area contributed by atoms with Crippen molar-refractivity contribution in [3.63, 3.8) is 0 Å². The SMILES string of the molecule is O=C(c1cnc2c(c1)ncn2C1CCCC1)N(CCO)Cc1ncc[nH]1. The van der Waals surface area contributed by atoms with Crippen LogP contribution in [0.2, 0.25) is 0 Å². The molecule has 1 aliphatic rings. The third-order valence-corrected chi connectivity index (χ3v) is 4.93. The minimum atomic E-state index is -0.194. The molecular formula is C18H22N6O2. The first-order valence-corrected chi connectivity index (χ1v) is 8.97. The van der Waals surface area contributed by atoms with Gasteiger partial charge in [0.05, 0.1) is 25.0 Å². The molecule has 136 valence electrons. The van der Waals surface area contributed by atoms with E-state index in [0.717, 1.165) is 24.0 Å². The summed E-state index contributed by atoms with van der Waals surface area (Å²) in [5.41, 5.74) is 2.02. The highest BCUT2D eigenvalue weighted by molar-refractivity contribution is 5.96. The van der Waals surface area contributed by atoms with Crippen molar-refractivity contribution in [2.75, 3.05) is 13.2 Å². The summed E-state index contributed by atoms with van der Waals surface area (Å²) in [7, 11) is 0. The summed E-state index contributed by atoms with van der Waals surface area (Å²) in [6.07, 6.45) is 11.6. The molecule has 0 bridgehead atoms. The van der Waals surface area contributed by atoms with Crippen LogP contribution in [0.5, 0.6) is 0 Å². The zero-order valence-electron chi connectivity index (χ0n) is 14.5. The maximum absolute atomic E-state index is 12.9. The first kappa shape index (κ1) is 16.7. The molecule has 3 aromatic rings. The number of amides is 1. The Balaban J connectivity index is 1.59. The molecule has 1 saturated carbocycles. The number of carbonyl (C=O) groups is 1. The van der Waals surface area contributed by atoms with Crippen molar-refractivity contribution >= 4 is 17.1 Å². The van der Waals surface area contributed by atoms with Crippen LogP contribution in [0.25, 0.3) is 11.2 Å². The zero-order valence-corrected chi connectivity index (χ0v) is 14.5. The summed E-state index contributed by atoms with van der Waals surface area (Å²) >= 11 is 0. The van der Waals surface area contributed by atoms with Crippen molar-refractivity contribution in [2.45, 2.75) is 38.3 Å². The average Bonchev–Trinajstić information content (AvgIpc) is 3.40. The molecule has 0 radical (unpaired) electrons. The fourth-order valence-electron chi connectivity index (χ4n) is 3.61. The largest absolute Gasteiger partial charge is 0.395 e. The first-order valence-electron chi connectivity index (χ1n) is 8.97. The molecule has 1 amide bonds. The second-order valence-corrected chi connectivity index (χ2v) is 6.64. The van der Waals surface area contributed by atoms with Crippen LogP contribution in [0.4, 0.5) is 0 Å². The van der Waals surface area contributed by atoms with Crippen LogP contribution in [0, 0.1) is 0 Å². The van der Waals surface area contributed by atoms with Crippen LogP contribution in [0.1, 0.15) is 47.9 Å². The lowest BCUT2D eigenvalue weighted by molar-refractivity contribution is 0.0703. The Morgan fingerprint density at radius 3 is 2.88 bits per heavy atom. The molecule has 1 aliphatic carbocycles. The Morgan fingerprint density at radius 1 is 1.31 bits per heavy atom. The van der Waals surface area contributed by atoms with Crippen LogP contribution in [0.15, 0.2) is 31.0 Å². The number of aromatic amines is 1. The molecule has 0 unspecified atom stereocenters. The van der Waals surface area contributed by atoms with E-state index in [9.17, 15) is 9.90 Å². The third-order valence-electron chi connectivity index (χ3n) is 4.93. The number of fused-ring (bicyclic) bond motifs is 1. The van der Waals surface area contributed by atoms with Gasteiger partial charge in [0.25, 0.3) is 5.91 Å². The van der Waals surface area contributed by atoms with Gasteiger partial charge in [-0.05, 0) is 18.9 Å². The topological polar surface area (TPSA) is 99.9 Å². The van der Waals surface area contributed by atoms with Gasteiger partial charge >= 0.3 is 0 Å². The molecule has 2 N–H and O–H groups in total. The Labute approximate surface area is 150 Å². The Hall–Kier alpha value is -2.74. The first-order chi connectivity index (χ1) is 12.8. The van der Waals surface area contributed by atoms with Crippen molar-refractivity contribution in [3.05, 3.63) is 42.4 Å². The maximum atomic E-state index is 12.9. The van der Waals surface area contributed by atoms with E-state index in [1.807, 2.05) is 6.33 Å². The van der Waals surface area contributed by atoms with Gasteiger partial charge < -0.3 is 19.6 Å². The number of aliphatic hydroxyl groups is 1. The van der Waals surface area contributed by atoms with E-state index in [4.69, 9.17) is 0 Å². The van der Waals surface area contributed by atoms with E-state index in [1.165, 1.54) is 12.8 Å². The van der Waals surface area contributed by atoms with Crippen LogP contribution in [-0.4, -0.2) is 53.6 Å². The molecule has 0 aromatic carbocycles. The number of imidazole rings is 2. The number of rotatable bonds is 6. The van der Waals surface area contributed by atoms with Crippen LogP contribution < -0.4 is 0 Å². The average molecular weight is 354 g/mol.